The highest BCUT2D eigenvalue weighted by molar-refractivity contribution is 7.05. The summed E-state index contributed by atoms with van der Waals surface area (Å²) in [6.07, 6.45) is 14.6. The van der Waals surface area contributed by atoms with Crippen LogP contribution in [0.5, 0.6) is 11.5 Å². The van der Waals surface area contributed by atoms with Crippen LogP contribution in [-0.2, 0) is 0 Å². The van der Waals surface area contributed by atoms with E-state index in [1.807, 2.05) is 0 Å². The van der Waals surface area contributed by atoms with Gasteiger partial charge in [-0.3, -0.25) is 0 Å². The molecule has 170 valence electrons. The molecule has 3 heteroatoms. The molecule has 32 heavy (non-hydrogen) atoms. The Hall–Kier alpha value is -2.00. The molecule has 2 aromatic carbocycles. The second-order valence-corrected chi connectivity index (χ2v) is 14.5. The first-order valence-electron chi connectivity index (χ1n) is 12.7. The molecule has 0 N–H and O–H groups in total. The zero-order valence-corrected chi connectivity index (χ0v) is 21.0. The van der Waals surface area contributed by atoms with E-state index in [1.165, 1.54) is 68.2 Å². The van der Waals surface area contributed by atoms with Gasteiger partial charge in [0.2, 0.25) is 0 Å². The van der Waals surface area contributed by atoms with Crippen LogP contribution in [0.4, 0.5) is 0 Å². The lowest BCUT2D eigenvalue weighted by Crippen LogP contribution is -2.55. The number of rotatable bonds is 10. The first kappa shape index (κ1) is 21.8. The van der Waals surface area contributed by atoms with Crippen molar-refractivity contribution in [3.8, 4) is 22.6 Å². The standard InChI is InChI=1S/C29H38O2Si/c1-4-5-6-7-15-32(16-14-23-18-21-8-9-22(23)17-21)28-12-10-24(30-2)19-26(28)27-20-25(31-3)11-13-29(27)32/h8-13,19-23H,4-7,14-18H2,1-3H3. The normalized spacial score (nSPS) is 23.9. The Balaban J connectivity index is 1.54. The van der Waals surface area contributed by atoms with Crippen molar-refractivity contribution in [3.63, 3.8) is 0 Å². The third-order valence-corrected chi connectivity index (χ3v) is 13.9. The fourth-order valence-corrected chi connectivity index (χ4v) is 12.5. The van der Waals surface area contributed by atoms with Gasteiger partial charge in [0.1, 0.15) is 19.6 Å². The summed E-state index contributed by atoms with van der Waals surface area (Å²) in [4.78, 5) is 0. The van der Waals surface area contributed by atoms with Crippen LogP contribution in [0.3, 0.4) is 0 Å². The van der Waals surface area contributed by atoms with Gasteiger partial charge in [-0.15, -0.1) is 0 Å². The number of fused-ring (bicyclic) bond motifs is 5. The molecule has 3 unspecified atom stereocenters. The second kappa shape index (κ2) is 9.09. The zero-order chi connectivity index (χ0) is 22.1. The molecule has 0 saturated heterocycles. The highest BCUT2D eigenvalue weighted by Gasteiger charge is 2.46. The van der Waals surface area contributed by atoms with Crippen molar-refractivity contribution in [3.05, 3.63) is 48.6 Å². The third kappa shape index (κ3) is 3.73. The van der Waals surface area contributed by atoms with Gasteiger partial charge in [-0.1, -0.05) is 63.3 Å². The van der Waals surface area contributed by atoms with Gasteiger partial charge in [0.15, 0.2) is 0 Å². The predicted octanol–water partition coefficient (Wildman–Crippen LogP) is 6.43. The van der Waals surface area contributed by atoms with Gasteiger partial charge in [-0.2, -0.15) is 0 Å². The minimum atomic E-state index is -1.83. The van der Waals surface area contributed by atoms with Crippen molar-refractivity contribution < 1.29 is 9.47 Å². The van der Waals surface area contributed by atoms with Crippen LogP contribution in [0.15, 0.2) is 48.6 Å². The minimum absolute atomic E-state index is 0.846. The van der Waals surface area contributed by atoms with Crippen LogP contribution in [0.2, 0.25) is 12.1 Å². The van der Waals surface area contributed by atoms with Gasteiger partial charge in [-0.05, 0) is 88.4 Å². The second-order valence-electron chi connectivity index (χ2n) is 10.3. The van der Waals surface area contributed by atoms with Gasteiger partial charge in [-0.25, -0.2) is 0 Å². The summed E-state index contributed by atoms with van der Waals surface area (Å²) >= 11 is 0. The van der Waals surface area contributed by atoms with Crippen LogP contribution in [0.1, 0.15) is 51.9 Å². The Morgan fingerprint density at radius 3 is 2.03 bits per heavy atom. The van der Waals surface area contributed by atoms with Crippen LogP contribution in [0.25, 0.3) is 11.1 Å². The summed E-state index contributed by atoms with van der Waals surface area (Å²) in [6.45, 7) is 2.31. The maximum atomic E-state index is 5.64. The predicted molar refractivity (Wildman–Crippen MR) is 137 cm³/mol. The van der Waals surface area contributed by atoms with E-state index in [-0.39, 0.29) is 0 Å². The number of allylic oxidation sites excluding steroid dienone is 2. The minimum Gasteiger partial charge on any atom is -0.497 e. The molecular weight excluding hydrogens is 408 g/mol. The van der Waals surface area contributed by atoms with Crippen molar-refractivity contribution in [2.75, 3.05) is 14.2 Å². The van der Waals surface area contributed by atoms with Crippen molar-refractivity contribution in [2.24, 2.45) is 17.8 Å². The van der Waals surface area contributed by atoms with Crippen LogP contribution >= 0.6 is 0 Å². The largest absolute Gasteiger partial charge is 0.497 e. The first-order valence-corrected chi connectivity index (χ1v) is 15.2. The molecule has 1 saturated carbocycles. The highest BCUT2D eigenvalue weighted by atomic mass is 28.3. The molecule has 1 heterocycles. The van der Waals surface area contributed by atoms with Crippen molar-refractivity contribution >= 4 is 18.4 Å². The van der Waals surface area contributed by atoms with Crippen molar-refractivity contribution in [1.82, 2.24) is 0 Å². The van der Waals surface area contributed by atoms with Gasteiger partial charge in [0.25, 0.3) is 0 Å². The monoisotopic (exact) mass is 446 g/mol. The lowest BCUT2D eigenvalue weighted by molar-refractivity contribution is 0.414. The smallest absolute Gasteiger partial charge is 0.119 e. The number of hydrogen-bond donors (Lipinski definition) is 0. The lowest BCUT2D eigenvalue weighted by atomic mass is 9.91. The maximum absolute atomic E-state index is 5.64. The Morgan fingerprint density at radius 1 is 0.812 bits per heavy atom. The third-order valence-electron chi connectivity index (χ3n) is 8.59. The molecule has 2 bridgehead atoms. The lowest BCUT2D eigenvalue weighted by Gasteiger charge is -2.32. The molecule has 3 atom stereocenters. The van der Waals surface area contributed by atoms with Crippen LogP contribution < -0.4 is 19.8 Å². The number of methoxy groups -OCH3 is 2. The molecular formula is C29H38O2Si. The molecule has 0 spiro atoms. The average molecular weight is 447 g/mol. The Bertz CT molecular complexity index is 941. The highest BCUT2D eigenvalue weighted by Crippen LogP contribution is 2.47. The molecule has 1 fully saturated rings. The van der Waals surface area contributed by atoms with E-state index >= 15 is 0 Å². The quantitative estimate of drug-likeness (QED) is 0.238. The van der Waals surface area contributed by atoms with Crippen molar-refractivity contribution in [2.45, 2.75) is 64.0 Å². The van der Waals surface area contributed by atoms with Gasteiger partial charge in [0, 0.05) is 0 Å². The van der Waals surface area contributed by atoms with E-state index in [2.05, 4.69) is 55.5 Å². The van der Waals surface area contributed by atoms with Crippen molar-refractivity contribution in [1.29, 1.82) is 0 Å². The molecule has 1 aliphatic heterocycles. The number of benzene rings is 2. The molecule has 2 nitrogen and oxygen atoms in total. The summed E-state index contributed by atoms with van der Waals surface area (Å²) in [5.41, 5.74) is 2.82. The van der Waals surface area contributed by atoms with E-state index in [4.69, 9.17) is 9.47 Å². The van der Waals surface area contributed by atoms with E-state index in [0.717, 1.165) is 29.3 Å². The summed E-state index contributed by atoms with van der Waals surface area (Å²) < 4.78 is 11.3. The Kier molecular flexibility index (Phi) is 6.20. The molecule has 5 rings (SSSR count). The topological polar surface area (TPSA) is 18.5 Å². The van der Waals surface area contributed by atoms with Crippen LogP contribution in [-0.4, -0.2) is 22.3 Å². The van der Waals surface area contributed by atoms with E-state index in [0.29, 0.717) is 0 Å². The maximum Gasteiger partial charge on any atom is 0.119 e. The SMILES string of the molecule is CCCCCC[Si]1(CCC2CC3C=CC2C3)c2ccc(OC)cc2-c2cc(OC)ccc21. The van der Waals surface area contributed by atoms with E-state index in [1.54, 1.807) is 24.6 Å². The first-order chi connectivity index (χ1) is 15.7. The van der Waals surface area contributed by atoms with E-state index in [9.17, 15) is 0 Å². The van der Waals surface area contributed by atoms with Gasteiger partial charge >= 0.3 is 0 Å². The number of ether oxygens (including phenoxy) is 2. The molecule has 2 aromatic rings. The fourth-order valence-electron chi connectivity index (χ4n) is 6.90. The van der Waals surface area contributed by atoms with E-state index < -0.39 is 8.07 Å². The number of unbranched alkanes of at least 4 members (excludes halogenated alkanes) is 3. The number of hydrogen-bond acceptors (Lipinski definition) is 2. The molecule has 2 aliphatic carbocycles. The van der Waals surface area contributed by atoms with Crippen LogP contribution in [0, 0.1) is 17.8 Å². The average Bonchev–Trinajstić information content (AvgIpc) is 3.53. The summed E-state index contributed by atoms with van der Waals surface area (Å²) in [6, 6.07) is 16.6. The Labute approximate surface area is 195 Å². The molecule has 0 radical (unpaired) electrons. The summed E-state index contributed by atoms with van der Waals surface area (Å²) in [5.74, 6) is 4.54. The Morgan fingerprint density at radius 2 is 1.50 bits per heavy atom. The fraction of sp³-hybridized carbons (Fsp3) is 0.517. The zero-order valence-electron chi connectivity index (χ0n) is 20.0. The van der Waals surface area contributed by atoms with Gasteiger partial charge in [0.05, 0.1) is 14.2 Å². The molecule has 3 aliphatic rings. The summed E-state index contributed by atoms with van der Waals surface area (Å²) in [7, 11) is 1.73. The van der Waals surface area contributed by atoms with Gasteiger partial charge < -0.3 is 9.47 Å². The summed E-state index contributed by atoms with van der Waals surface area (Å²) in [5, 5.41) is 3.30. The molecule has 0 aromatic heterocycles. The molecule has 0 amide bonds.